The van der Waals surface area contributed by atoms with Crippen molar-refractivity contribution in [3.05, 3.63) is 0 Å². The zero-order valence-electron chi connectivity index (χ0n) is 5.41. The maximum atomic E-state index is 7.40. The van der Waals surface area contributed by atoms with E-state index in [1.807, 2.05) is 0 Å². The Morgan fingerprint density at radius 1 is 1.57 bits per heavy atom. The Labute approximate surface area is 45.5 Å². The molecule has 2 aliphatic rings. The van der Waals surface area contributed by atoms with E-state index in [-0.39, 0.29) is 6.40 Å². The van der Waals surface area contributed by atoms with Crippen molar-refractivity contribution in [1.82, 2.24) is 5.32 Å². The summed E-state index contributed by atoms with van der Waals surface area (Å²) in [4.78, 5) is 0. The molecule has 0 aromatic rings. The largest absolute Gasteiger partial charge is 0.316 e. The van der Waals surface area contributed by atoms with Crippen LogP contribution in [-0.2, 0) is 0 Å². The molecule has 1 heterocycles. The molecular weight excluding hydrogens is 86.1 g/mol. The average molecular weight is 98.2 g/mol. The minimum Gasteiger partial charge on any atom is -0.316 e. The molecule has 0 bridgehead atoms. The summed E-state index contributed by atoms with van der Waals surface area (Å²) in [5, 5.41) is 3.29. The van der Waals surface area contributed by atoms with Gasteiger partial charge in [-0.05, 0) is 31.2 Å². The van der Waals surface area contributed by atoms with Gasteiger partial charge in [-0.15, -0.1) is 0 Å². The maximum absolute atomic E-state index is 7.40. The van der Waals surface area contributed by atoms with Crippen molar-refractivity contribution in [2.75, 3.05) is 13.1 Å². The first-order valence-corrected chi connectivity index (χ1v) is 2.96. The molecule has 1 saturated carbocycles. The molecular formula is C6H11N. The van der Waals surface area contributed by atoms with Crippen LogP contribution in [0.2, 0.25) is 0 Å². The molecule has 1 saturated heterocycles. The van der Waals surface area contributed by atoms with Crippen molar-refractivity contribution < 1.29 is 1.37 Å². The minimum absolute atomic E-state index is 0.275. The third kappa shape index (κ3) is 0.480. The highest BCUT2D eigenvalue weighted by Crippen LogP contribution is 2.49. The van der Waals surface area contributed by atoms with Crippen molar-refractivity contribution >= 4 is 0 Å². The first-order chi connectivity index (χ1) is 3.83. The summed E-state index contributed by atoms with van der Waals surface area (Å²) < 4.78 is 7.40. The van der Waals surface area contributed by atoms with Crippen LogP contribution < -0.4 is 5.32 Å². The van der Waals surface area contributed by atoms with Gasteiger partial charge in [0.1, 0.15) is 0 Å². The second kappa shape index (κ2) is 1.03. The lowest BCUT2D eigenvalue weighted by atomic mass is 10.1. The van der Waals surface area contributed by atoms with Crippen LogP contribution in [0.5, 0.6) is 0 Å². The molecule has 1 aliphatic carbocycles. The smallest absolute Gasteiger partial charge is 0.0273 e. The molecule has 1 nitrogen and oxygen atoms in total. The second-order valence-corrected chi connectivity index (χ2v) is 2.70. The van der Waals surface area contributed by atoms with Gasteiger partial charge in [-0.2, -0.15) is 0 Å². The predicted octanol–water partition coefficient (Wildman–Crippen LogP) is 0.760. The van der Waals surface area contributed by atoms with Gasteiger partial charge < -0.3 is 5.32 Å². The maximum Gasteiger partial charge on any atom is 0.0273 e. The molecule has 0 aromatic heterocycles. The Kier molecular flexibility index (Phi) is 0.451. The van der Waals surface area contributed by atoms with E-state index in [4.69, 9.17) is 1.37 Å². The topological polar surface area (TPSA) is 12.0 Å². The van der Waals surface area contributed by atoms with E-state index < -0.39 is 0 Å². The highest BCUT2D eigenvalue weighted by Gasteiger charge is 2.44. The van der Waals surface area contributed by atoms with E-state index in [0.29, 0.717) is 5.41 Å². The van der Waals surface area contributed by atoms with Gasteiger partial charge in [0.2, 0.25) is 0 Å². The lowest BCUT2D eigenvalue weighted by Crippen LogP contribution is -2.08. The summed E-state index contributed by atoms with van der Waals surface area (Å²) in [6.07, 6.45) is 2.68. The van der Waals surface area contributed by atoms with E-state index in [9.17, 15) is 0 Å². The highest BCUT2D eigenvalue weighted by molar-refractivity contribution is 4.98. The Morgan fingerprint density at radius 3 is 2.71 bits per heavy atom. The number of rotatable bonds is 0. The van der Waals surface area contributed by atoms with Gasteiger partial charge in [0.05, 0.1) is 0 Å². The first kappa shape index (κ1) is 3.08. The Balaban J connectivity index is 2.06. The van der Waals surface area contributed by atoms with E-state index >= 15 is 0 Å². The standard InChI is InChI=1S/C6H11N/c1-2-6(1)3-4-7-5-6/h7H,1-5H2/i1D. The third-order valence-electron chi connectivity index (χ3n) is 2.06. The summed E-state index contributed by atoms with van der Waals surface area (Å²) in [5.74, 6) is 0. The molecule has 2 fully saturated rings. The molecule has 2 rings (SSSR count). The molecule has 0 aromatic carbocycles. The van der Waals surface area contributed by atoms with Crippen molar-refractivity contribution in [1.29, 1.82) is 0 Å². The molecule has 0 radical (unpaired) electrons. The molecule has 2 atom stereocenters. The van der Waals surface area contributed by atoms with Crippen LogP contribution in [0.15, 0.2) is 0 Å². The molecule has 1 aliphatic heterocycles. The Hall–Kier alpha value is -0.0400. The van der Waals surface area contributed by atoms with Crippen LogP contribution in [0.1, 0.15) is 20.6 Å². The Morgan fingerprint density at radius 2 is 2.43 bits per heavy atom. The monoisotopic (exact) mass is 98.1 g/mol. The molecule has 1 heteroatoms. The molecule has 0 amide bonds. The van der Waals surface area contributed by atoms with Crippen LogP contribution in [0, 0.1) is 5.41 Å². The van der Waals surface area contributed by atoms with Gasteiger partial charge in [0.25, 0.3) is 0 Å². The summed E-state index contributed by atoms with van der Waals surface area (Å²) in [6.45, 7) is 2.26. The van der Waals surface area contributed by atoms with Crippen LogP contribution in [0.4, 0.5) is 0 Å². The lowest BCUT2D eigenvalue weighted by Gasteiger charge is -1.96. The van der Waals surface area contributed by atoms with E-state index in [1.54, 1.807) is 0 Å². The summed E-state index contributed by atoms with van der Waals surface area (Å²) in [7, 11) is 0. The summed E-state index contributed by atoms with van der Waals surface area (Å²) in [6, 6.07) is 0. The van der Waals surface area contributed by atoms with Gasteiger partial charge in [-0.25, -0.2) is 0 Å². The quantitative estimate of drug-likeness (QED) is 0.471. The van der Waals surface area contributed by atoms with Crippen LogP contribution >= 0.6 is 0 Å². The number of nitrogens with one attached hydrogen (secondary N) is 1. The van der Waals surface area contributed by atoms with Crippen molar-refractivity contribution in [3.63, 3.8) is 0 Å². The predicted molar refractivity (Wildman–Crippen MR) is 29.2 cm³/mol. The number of hydrogen-bond acceptors (Lipinski definition) is 1. The number of hydrogen-bond donors (Lipinski definition) is 1. The zero-order valence-corrected chi connectivity index (χ0v) is 4.41. The summed E-state index contributed by atoms with van der Waals surface area (Å²) in [5.41, 5.74) is 0.458. The fraction of sp³-hybridized carbons (Fsp3) is 1.00. The van der Waals surface area contributed by atoms with E-state index in [2.05, 4.69) is 5.32 Å². The van der Waals surface area contributed by atoms with Crippen molar-refractivity contribution in [2.45, 2.75) is 19.2 Å². The van der Waals surface area contributed by atoms with Crippen LogP contribution in [0.3, 0.4) is 0 Å². The molecule has 1 spiro atoms. The highest BCUT2D eigenvalue weighted by atomic mass is 14.9. The van der Waals surface area contributed by atoms with Crippen molar-refractivity contribution in [3.8, 4) is 0 Å². The van der Waals surface area contributed by atoms with Crippen LogP contribution in [0.25, 0.3) is 0 Å². The van der Waals surface area contributed by atoms with E-state index in [1.165, 1.54) is 6.42 Å². The van der Waals surface area contributed by atoms with Gasteiger partial charge in [-0.3, -0.25) is 0 Å². The zero-order chi connectivity index (χ0) is 5.61. The average Bonchev–Trinajstić information content (AvgIpc) is 2.29. The second-order valence-electron chi connectivity index (χ2n) is 2.70. The fourth-order valence-corrected chi connectivity index (χ4v) is 1.26. The van der Waals surface area contributed by atoms with Gasteiger partial charge in [-0.1, -0.05) is 0 Å². The SMILES string of the molecule is [2H]C1CC12CCNC2. The van der Waals surface area contributed by atoms with Gasteiger partial charge in [0, 0.05) is 7.92 Å². The van der Waals surface area contributed by atoms with Crippen LogP contribution in [-0.4, -0.2) is 13.1 Å². The fourth-order valence-electron chi connectivity index (χ4n) is 1.26. The van der Waals surface area contributed by atoms with Crippen molar-refractivity contribution in [2.24, 2.45) is 5.41 Å². The minimum atomic E-state index is 0.275. The van der Waals surface area contributed by atoms with E-state index in [0.717, 1.165) is 19.5 Å². The third-order valence-corrected chi connectivity index (χ3v) is 2.06. The molecule has 2 unspecified atom stereocenters. The van der Waals surface area contributed by atoms with Gasteiger partial charge >= 0.3 is 0 Å². The molecule has 7 heavy (non-hydrogen) atoms. The molecule has 1 N–H and O–H groups in total. The molecule has 40 valence electrons. The first-order valence-electron chi connectivity index (χ1n) is 3.54. The Bertz CT molecular complexity index is 107. The summed E-state index contributed by atoms with van der Waals surface area (Å²) >= 11 is 0. The van der Waals surface area contributed by atoms with Gasteiger partial charge in [0.15, 0.2) is 0 Å². The normalized spacial score (nSPS) is 60.6. The lowest BCUT2D eigenvalue weighted by molar-refractivity contribution is 0.574.